The van der Waals surface area contributed by atoms with Crippen molar-refractivity contribution in [2.24, 2.45) is 11.8 Å². The molecule has 2 aliphatic heterocycles. The Kier molecular flexibility index (Phi) is 4.43. The third-order valence-electron chi connectivity index (χ3n) is 5.84. The topological polar surface area (TPSA) is 80.1 Å². The third-order valence-corrected chi connectivity index (χ3v) is 6.85. The molecule has 1 saturated heterocycles. The first-order chi connectivity index (χ1) is 14.1. The highest BCUT2D eigenvalue weighted by molar-refractivity contribution is 7.12. The van der Waals surface area contributed by atoms with Crippen LogP contribution in [0.1, 0.15) is 31.7 Å². The first-order valence-electron chi connectivity index (χ1n) is 9.72. The zero-order valence-corrected chi connectivity index (χ0v) is 16.9. The van der Waals surface area contributed by atoms with Crippen LogP contribution in [0.3, 0.4) is 0 Å². The number of nitrogens with zero attached hydrogens (tertiary/aromatic N) is 4. The lowest BCUT2D eigenvalue weighted by Crippen LogP contribution is -2.31. The van der Waals surface area contributed by atoms with Crippen LogP contribution in [0.5, 0.6) is 0 Å². The van der Waals surface area contributed by atoms with Crippen molar-refractivity contribution in [1.82, 2.24) is 19.7 Å². The molecule has 3 aromatic rings. The van der Waals surface area contributed by atoms with Crippen molar-refractivity contribution in [3.05, 3.63) is 63.9 Å². The highest BCUT2D eigenvalue weighted by Crippen LogP contribution is 2.34. The van der Waals surface area contributed by atoms with Gasteiger partial charge in [-0.25, -0.2) is 0 Å². The molecule has 4 heterocycles. The molecule has 29 heavy (non-hydrogen) atoms. The highest BCUT2D eigenvalue weighted by Gasteiger charge is 2.41. The summed E-state index contributed by atoms with van der Waals surface area (Å²) in [6, 6.07) is 11.3. The minimum atomic E-state index is -0.256. The average molecular weight is 407 g/mol. The van der Waals surface area contributed by atoms with Gasteiger partial charge in [0.2, 0.25) is 5.82 Å². The summed E-state index contributed by atoms with van der Waals surface area (Å²) in [5.74, 6) is 1.69. The van der Waals surface area contributed by atoms with Crippen LogP contribution in [0.4, 0.5) is 5.69 Å². The molecule has 0 saturated carbocycles. The monoisotopic (exact) mass is 407 g/mol. The van der Waals surface area contributed by atoms with Crippen molar-refractivity contribution in [1.29, 1.82) is 0 Å². The number of amides is 2. The van der Waals surface area contributed by atoms with Crippen molar-refractivity contribution in [3.8, 4) is 0 Å². The van der Waals surface area contributed by atoms with Gasteiger partial charge in [-0.05, 0) is 47.9 Å². The van der Waals surface area contributed by atoms with Gasteiger partial charge >= 0.3 is 0 Å². The molecule has 2 aromatic heterocycles. The van der Waals surface area contributed by atoms with Crippen LogP contribution >= 0.6 is 11.3 Å². The fourth-order valence-electron chi connectivity index (χ4n) is 4.30. The summed E-state index contributed by atoms with van der Waals surface area (Å²) in [4.78, 5) is 28.4. The van der Waals surface area contributed by atoms with E-state index in [4.69, 9.17) is 0 Å². The molecule has 8 heteroatoms. The Balaban J connectivity index is 1.32. The number of hydrogen-bond donors (Lipinski definition) is 1. The van der Waals surface area contributed by atoms with E-state index in [1.54, 1.807) is 0 Å². The van der Waals surface area contributed by atoms with Crippen molar-refractivity contribution in [2.75, 3.05) is 18.4 Å². The number of likely N-dealkylation sites (tertiary alicyclic amines) is 1. The number of nitrogens with one attached hydrogen (secondary N) is 1. The molecule has 0 radical (unpaired) electrons. The SMILES string of the molecule is Cc1ccsc1C(=O)N1C[C@@H]2Cc3nnc(C(=O)Nc4ccccc4)n3C[C@@H]2C1. The van der Waals surface area contributed by atoms with Gasteiger partial charge in [0, 0.05) is 31.7 Å². The molecule has 0 spiro atoms. The fourth-order valence-corrected chi connectivity index (χ4v) is 5.19. The lowest BCUT2D eigenvalue weighted by molar-refractivity contribution is 0.0787. The van der Waals surface area contributed by atoms with Gasteiger partial charge in [0.25, 0.3) is 11.8 Å². The number of benzene rings is 1. The number of hydrogen-bond acceptors (Lipinski definition) is 5. The molecule has 2 atom stereocenters. The Hall–Kier alpha value is -3.00. The molecule has 148 valence electrons. The lowest BCUT2D eigenvalue weighted by Gasteiger charge is -2.25. The van der Waals surface area contributed by atoms with E-state index in [-0.39, 0.29) is 11.8 Å². The number of fused-ring (bicyclic) bond motifs is 2. The van der Waals surface area contributed by atoms with Crippen molar-refractivity contribution >= 4 is 28.8 Å². The smallest absolute Gasteiger partial charge is 0.293 e. The summed E-state index contributed by atoms with van der Waals surface area (Å²) in [6.45, 7) is 4.08. The molecular weight excluding hydrogens is 386 g/mol. The van der Waals surface area contributed by atoms with Crippen molar-refractivity contribution < 1.29 is 9.59 Å². The summed E-state index contributed by atoms with van der Waals surface area (Å²) >= 11 is 1.50. The maximum Gasteiger partial charge on any atom is 0.293 e. The molecule has 2 aliphatic rings. The van der Waals surface area contributed by atoms with Crippen LogP contribution in [0.15, 0.2) is 41.8 Å². The van der Waals surface area contributed by atoms with E-state index >= 15 is 0 Å². The number of para-hydroxylation sites is 1. The van der Waals surface area contributed by atoms with E-state index in [1.807, 2.05) is 58.2 Å². The largest absolute Gasteiger partial charge is 0.337 e. The molecule has 0 unspecified atom stereocenters. The Bertz CT molecular complexity index is 1070. The first kappa shape index (κ1) is 18.1. The van der Waals surface area contributed by atoms with E-state index in [0.717, 1.165) is 34.9 Å². The van der Waals surface area contributed by atoms with Gasteiger partial charge in [0.05, 0.1) is 4.88 Å². The third kappa shape index (κ3) is 3.23. The predicted octanol–water partition coefficient (Wildman–Crippen LogP) is 2.84. The van der Waals surface area contributed by atoms with Gasteiger partial charge in [-0.3, -0.25) is 9.59 Å². The quantitative estimate of drug-likeness (QED) is 0.724. The Morgan fingerprint density at radius 1 is 1.07 bits per heavy atom. The molecular formula is C21H21N5O2S. The molecule has 1 N–H and O–H groups in total. The summed E-state index contributed by atoms with van der Waals surface area (Å²) in [5.41, 5.74) is 1.76. The highest BCUT2D eigenvalue weighted by atomic mass is 32.1. The van der Waals surface area contributed by atoms with Gasteiger partial charge < -0.3 is 14.8 Å². The van der Waals surface area contributed by atoms with Crippen LogP contribution in [0, 0.1) is 18.8 Å². The minimum absolute atomic E-state index is 0.115. The maximum atomic E-state index is 12.9. The van der Waals surface area contributed by atoms with E-state index in [9.17, 15) is 9.59 Å². The molecule has 1 aromatic carbocycles. The lowest BCUT2D eigenvalue weighted by atomic mass is 9.89. The van der Waals surface area contributed by atoms with Crippen LogP contribution in [0.2, 0.25) is 0 Å². The normalized spacial score (nSPS) is 20.2. The molecule has 2 amide bonds. The number of carbonyl (C=O) groups excluding carboxylic acids is 2. The van der Waals surface area contributed by atoms with Crippen LogP contribution in [0.25, 0.3) is 0 Å². The molecule has 1 fully saturated rings. The summed E-state index contributed by atoms with van der Waals surface area (Å²) in [5, 5.41) is 13.3. The zero-order valence-electron chi connectivity index (χ0n) is 16.0. The number of anilines is 1. The summed E-state index contributed by atoms with van der Waals surface area (Å²) in [6.07, 6.45) is 0.740. The Morgan fingerprint density at radius 2 is 1.86 bits per heavy atom. The van der Waals surface area contributed by atoms with Gasteiger partial charge in [-0.2, -0.15) is 0 Å². The van der Waals surface area contributed by atoms with Crippen molar-refractivity contribution in [2.45, 2.75) is 19.9 Å². The molecule has 7 nitrogen and oxygen atoms in total. The second-order valence-corrected chi connectivity index (χ2v) is 8.65. The van der Waals surface area contributed by atoms with E-state index in [0.29, 0.717) is 30.7 Å². The van der Waals surface area contributed by atoms with Gasteiger partial charge in [0.1, 0.15) is 5.82 Å². The van der Waals surface area contributed by atoms with E-state index < -0.39 is 0 Å². The predicted molar refractivity (Wildman–Crippen MR) is 110 cm³/mol. The second-order valence-electron chi connectivity index (χ2n) is 7.74. The molecule has 0 bridgehead atoms. The van der Waals surface area contributed by atoms with E-state index in [1.165, 1.54) is 11.3 Å². The van der Waals surface area contributed by atoms with Crippen LogP contribution in [-0.2, 0) is 13.0 Å². The maximum absolute atomic E-state index is 12.9. The average Bonchev–Trinajstić information content (AvgIpc) is 3.43. The number of aromatic nitrogens is 3. The first-order valence-corrected chi connectivity index (χ1v) is 10.6. The number of rotatable bonds is 3. The van der Waals surface area contributed by atoms with Crippen LogP contribution in [-0.4, -0.2) is 44.6 Å². The Labute approximate surface area is 172 Å². The summed E-state index contributed by atoms with van der Waals surface area (Å²) in [7, 11) is 0. The van der Waals surface area contributed by atoms with Crippen LogP contribution < -0.4 is 5.32 Å². The summed E-state index contributed by atoms with van der Waals surface area (Å²) < 4.78 is 1.92. The van der Waals surface area contributed by atoms with Crippen molar-refractivity contribution in [3.63, 3.8) is 0 Å². The standard InChI is InChI=1S/C21H21N5O2S/c1-13-7-8-29-18(13)21(28)25-10-14-9-17-23-24-19(26(17)12-15(14)11-25)20(27)22-16-5-3-2-4-6-16/h2-8,14-15H,9-12H2,1H3,(H,22,27)/t14-,15-/m0/s1. The minimum Gasteiger partial charge on any atom is -0.337 e. The van der Waals surface area contributed by atoms with E-state index in [2.05, 4.69) is 15.5 Å². The number of aryl methyl sites for hydroxylation is 1. The molecule has 5 rings (SSSR count). The van der Waals surface area contributed by atoms with Gasteiger partial charge in [0.15, 0.2) is 0 Å². The van der Waals surface area contributed by atoms with Gasteiger partial charge in [-0.15, -0.1) is 21.5 Å². The molecule has 0 aliphatic carbocycles. The number of thiophene rings is 1. The van der Waals surface area contributed by atoms with Gasteiger partial charge in [-0.1, -0.05) is 18.2 Å². The fraction of sp³-hybridized carbons (Fsp3) is 0.333. The number of carbonyl (C=O) groups is 2. The zero-order chi connectivity index (χ0) is 20.0. The Morgan fingerprint density at radius 3 is 2.62 bits per heavy atom. The second kappa shape index (κ2) is 7.11.